The molecule has 0 aromatic carbocycles. The predicted molar refractivity (Wildman–Crippen MR) is 17.4 cm³/mol. The van der Waals surface area contributed by atoms with E-state index in [1.165, 1.54) is 0 Å². The molecule has 60 valence electrons. The molecule has 0 unspecified atom stereocenters. The van der Waals surface area contributed by atoms with Crippen LogP contribution in [0.4, 0.5) is 0 Å². The smallest absolute Gasteiger partial charge is 0.870 e. The van der Waals surface area contributed by atoms with Gasteiger partial charge in [-0.25, -0.2) is 0 Å². The molecule has 0 aromatic rings. The fourth-order valence-corrected chi connectivity index (χ4v) is 0. The second-order valence-electron chi connectivity index (χ2n) is 0. The molecule has 6 nitrogen and oxygen atoms in total. The van der Waals surface area contributed by atoms with Gasteiger partial charge in [-0.2, -0.15) is 0 Å². The van der Waals surface area contributed by atoms with Crippen LogP contribution in [0, 0.1) is 36.9 Å². The Balaban J connectivity index is 0. The predicted octanol–water partition coefficient (Wildman–Crippen LogP) is -1.44. The first-order chi connectivity index (χ1) is 0. The fourth-order valence-electron chi connectivity index (χ4n) is 0. The number of rotatable bonds is 0. The Bertz CT molecular complexity index is 8.49. The van der Waals surface area contributed by atoms with Crippen LogP contribution in [0.1, 0.15) is 0 Å². The van der Waals surface area contributed by atoms with Gasteiger partial charge in [0.1, 0.15) is 0 Å². The van der Waals surface area contributed by atoms with E-state index < -0.39 is 0 Å². The Morgan fingerprint density at radius 3 is 0.375 bits per heavy atom. The Kier molecular flexibility index (Phi) is 7710. The maximum atomic E-state index is 0. The molecule has 0 atom stereocenters. The van der Waals surface area contributed by atoms with Gasteiger partial charge in [-0.15, -0.1) is 0 Å². The summed E-state index contributed by atoms with van der Waals surface area (Å²) in [7, 11) is 0. The van der Waals surface area contributed by atoms with Crippen molar-refractivity contribution in [1.29, 1.82) is 0 Å². The zero-order chi connectivity index (χ0) is 0. The molecule has 0 aliphatic heterocycles. The van der Waals surface area contributed by atoms with Gasteiger partial charge in [0.15, 0.2) is 0 Å². The van der Waals surface area contributed by atoms with Crippen molar-refractivity contribution in [2.24, 2.45) is 0 Å². The minimum Gasteiger partial charge on any atom is -0.870 e. The Morgan fingerprint density at radius 2 is 0.375 bits per heavy atom. The molecule has 0 aliphatic carbocycles. The molecule has 6 N–H and O–H groups in total. The summed E-state index contributed by atoms with van der Waals surface area (Å²) < 4.78 is 0. The third-order valence-electron chi connectivity index (χ3n) is 0. The first kappa shape index (κ1) is 297. The van der Waals surface area contributed by atoms with Crippen molar-refractivity contribution in [3.8, 4) is 0 Å². The van der Waals surface area contributed by atoms with E-state index in [0.717, 1.165) is 0 Å². The molecular weight excluding hydrogens is 298 g/mol. The third kappa shape index (κ3) is 138. The van der Waals surface area contributed by atoms with Crippen molar-refractivity contribution in [1.82, 2.24) is 0 Å². The van der Waals surface area contributed by atoms with Crippen molar-refractivity contribution in [2.75, 3.05) is 0 Å². The molecule has 0 saturated heterocycles. The Morgan fingerprint density at radius 1 is 0.375 bits per heavy atom. The summed E-state index contributed by atoms with van der Waals surface area (Å²) in [6.07, 6.45) is 0. The SMILES string of the molecule is [Al+3].[Lu+3].[OH-].[OH-].[OH-].[OH-].[OH-].[OH-]. The van der Waals surface area contributed by atoms with Crippen LogP contribution in [0.2, 0.25) is 0 Å². The summed E-state index contributed by atoms with van der Waals surface area (Å²) in [5.41, 5.74) is 0. The molecule has 8 heavy (non-hydrogen) atoms. The molecule has 0 aromatic heterocycles. The molecule has 0 rings (SSSR count). The van der Waals surface area contributed by atoms with Crippen molar-refractivity contribution >= 4 is 17.4 Å². The average Bonchev–Trinajstić information content (AvgIpc) is 0. The van der Waals surface area contributed by atoms with Gasteiger partial charge in [0.2, 0.25) is 0 Å². The normalized spacial score (nSPS) is 0. The van der Waals surface area contributed by atoms with Crippen LogP contribution in [0.25, 0.3) is 0 Å². The van der Waals surface area contributed by atoms with Crippen LogP contribution in [-0.4, -0.2) is 50.2 Å². The summed E-state index contributed by atoms with van der Waals surface area (Å²) in [4.78, 5) is 0. The van der Waals surface area contributed by atoms with Crippen molar-refractivity contribution < 1.29 is 69.7 Å². The maximum absolute atomic E-state index is 0. The fraction of sp³-hybridized carbons (Fsp3) is 0. The molecular formula is H6AlLuO6. The van der Waals surface area contributed by atoms with E-state index in [1.807, 2.05) is 0 Å². The van der Waals surface area contributed by atoms with E-state index in [4.69, 9.17) is 0 Å². The Hall–Kier alpha value is 1.53. The maximum Gasteiger partial charge on any atom is 3.00 e. The first-order valence-electron chi connectivity index (χ1n) is 0. The minimum absolute atomic E-state index is 0. The van der Waals surface area contributed by atoms with E-state index in [2.05, 4.69) is 0 Å². The van der Waals surface area contributed by atoms with E-state index >= 15 is 0 Å². The van der Waals surface area contributed by atoms with Gasteiger partial charge in [0.05, 0.1) is 0 Å². The van der Waals surface area contributed by atoms with Gasteiger partial charge in [-0.05, 0) is 0 Å². The van der Waals surface area contributed by atoms with Crippen LogP contribution in [0.3, 0.4) is 0 Å². The Labute approximate surface area is 86.4 Å². The average molecular weight is 304 g/mol. The third-order valence-corrected chi connectivity index (χ3v) is 0. The topological polar surface area (TPSA) is 180 Å². The second kappa shape index (κ2) is 207. The summed E-state index contributed by atoms with van der Waals surface area (Å²) in [6.45, 7) is 0. The van der Waals surface area contributed by atoms with Gasteiger partial charge in [0, 0.05) is 0 Å². The van der Waals surface area contributed by atoms with E-state index in [1.54, 1.807) is 0 Å². The standard InChI is InChI=1S/Al.Lu.6H2O/h;;6*1H2/q2*+3;;;;;;/p-6. The van der Waals surface area contributed by atoms with Gasteiger partial charge in [0.25, 0.3) is 0 Å². The quantitative estimate of drug-likeness (QED) is 0.494. The number of hydrogen-bond acceptors (Lipinski definition) is 6. The molecule has 0 spiro atoms. The molecule has 0 fully saturated rings. The van der Waals surface area contributed by atoms with Crippen LogP contribution >= 0.6 is 0 Å². The molecule has 0 amide bonds. The van der Waals surface area contributed by atoms with Crippen molar-refractivity contribution in [2.45, 2.75) is 0 Å². The summed E-state index contributed by atoms with van der Waals surface area (Å²) in [5.74, 6) is 0. The van der Waals surface area contributed by atoms with Crippen LogP contribution in [0.5, 0.6) is 0 Å². The zero-order valence-electron chi connectivity index (χ0n) is 3.52. The number of hydrogen-bond donors (Lipinski definition) is 0. The van der Waals surface area contributed by atoms with E-state index in [-0.39, 0.29) is 87.1 Å². The largest absolute Gasteiger partial charge is 3.00 e. The monoisotopic (exact) mass is 304 g/mol. The summed E-state index contributed by atoms with van der Waals surface area (Å²) in [5, 5.41) is 0. The van der Waals surface area contributed by atoms with Gasteiger partial charge >= 0.3 is 54.2 Å². The van der Waals surface area contributed by atoms with E-state index in [0.29, 0.717) is 0 Å². The second-order valence-corrected chi connectivity index (χ2v) is 0. The minimum atomic E-state index is 0. The van der Waals surface area contributed by atoms with Crippen LogP contribution < -0.4 is 0 Å². The summed E-state index contributed by atoms with van der Waals surface area (Å²) >= 11 is 0. The summed E-state index contributed by atoms with van der Waals surface area (Å²) in [6, 6.07) is 0. The first-order valence-corrected chi connectivity index (χ1v) is 0. The van der Waals surface area contributed by atoms with E-state index in [9.17, 15) is 0 Å². The molecule has 0 bridgehead atoms. The molecule has 0 saturated carbocycles. The van der Waals surface area contributed by atoms with Crippen molar-refractivity contribution in [3.05, 3.63) is 0 Å². The van der Waals surface area contributed by atoms with Crippen LogP contribution in [0.15, 0.2) is 0 Å². The molecule has 0 aliphatic rings. The molecule has 8 heteroatoms. The van der Waals surface area contributed by atoms with Crippen LogP contribution in [-0.2, 0) is 0 Å². The molecule has 0 heterocycles. The van der Waals surface area contributed by atoms with Crippen molar-refractivity contribution in [3.63, 3.8) is 0 Å². The zero-order valence-corrected chi connectivity index (χ0v) is 6.33. The van der Waals surface area contributed by atoms with Gasteiger partial charge in [-0.1, -0.05) is 0 Å². The molecule has 0 radical (unpaired) electrons. The van der Waals surface area contributed by atoms with Gasteiger partial charge in [-0.3, -0.25) is 0 Å². The van der Waals surface area contributed by atoms with Gasteiger partial charge < -0.3 is 32.9 Å².